The van der Waals surface area contributed by atoms with Crippen molar-refractivity contribution in [3.05, 3.63) is 28.4 Å². The van der Waals surface area contributed by atoms with Gasteiger partial charge in [-0.3, -0.25) is 24.6 Å². The Balaban J connectivity index is 3.22. The zero-order chi connectivity index (χ0) is 13.0. The summed E-state index contributed by atoms with van der Waals surface area (Å²) in [5, 5.41) is 19.3. The lowest BCUT2D eigenvalue weighted by atomic mass is 10.3. The van der Waals surface area contributed by atoms with Crippen LogP contribution in [0.5, 0.6) is 0 Å². The smallest absolute Gasteiger partial charge is 0.323 e. The van der Waals surface area contributed by atoms with Gasteiger partial charge in [0.2, 0.25) is 11.7 Å². The third kappa shape index (κ3) is 2.97. The van der Waals surface area contributed by atoms with E-state index in [2.05, 4.69) is 4.98 Å². The Hall–Kier alpha value is -2.51. The molecule has 1 N–H and O–H groups in total. The fourth-order valence-corrected chi connectivity index (χ4v) is 1.21. The summed E-state index contributed by atoms with van der Waals surface area (Å²) < 4.78 is 0. The number of carbonyl (C=O) groups is 2. The highest BCUT2D eigenvalue weighted by atomic mass is 16.6. The number of pyridine rings is 1. The van der Waals surface area contributed by atoms with Crippen LogP contribution in [0.4, 0.5) is 11.5 Å². The molecule has 1 aromatic rings. The molecule has 0 atom stereocenters. The maximum Gasteiger partial charge on any atom is 0.323 e. The molecule has 0 unspecified atom stereocenters. The van der Waals surface area contributed by atoms with E-state index >= 15 is 0 Å². The molecule has 0 radical (unpaired) electrons. The van der Waals surface area contributed by atoms with Crippen molar-refractivity contribution in [2.75, 3.05) is 11.4 Å². The highest BCUT2D eigenvalue weighted by molar-refractivity contribution is 5.96. The first-order chi connectivity index (χ1) is 7.93. The second-order valence-corrected chi connectivity index (χ2v) is 3.10. The van der Waals surface area contributed by atoms with E-state index in [4.69, 9.17) is 5.11 Å². The lowest BCUT2D eigenvalue weighted by Crippen LogP contribution is -2.34. The summed E-state index contributed by atoms with van der Waals surface area (Å²) in [5.74, 6) is -2.18. The van der Waals surface area contributed by atoms with E-state index in [0.29, 0.717) is 0 Å². The minimum atomic E-state index is -1.28. The third-order valence-corrected chi connectivity index (χ3v) is 1.89. The predicted octanol–water partition coefficient (Wildman–Crippen LogP) is 0.427. The SMILES string of the molecule is CC(=O)N(CC(=O)O)c1ncccc1[N+](=O)[O-]. The minimum Gasteiger partial charge on any atom is -0.480 e. The third-order valence-electron chi connectivity index (χ3n) is 1.89. The topological polar surface area (TPSA) is 114 Å². The van der Waals surface area contributed by atoms with E-state index in [-0.39, 0.29) is 5.82 Å². The first kappa shape index (κ1) is 12.6. The molecule has 0 fully saturated rings. The van der Waals surface area contributed by atoms with Crippen LogP contribution in [-0.2, 0) is 9.59 Å². The van der Waals surface area contributed by atoms with Crippen molar-refractivity contribution < 1.29 is 19.6 Å². The number of nitro groups is 1. The fraction of sp³-hybridized carbons (Fsp3) is 0.222. The molecule has 8 nitrogen and oxygen atoms in total. The lowest BCUT2D eigenvalue weighted by molar-refractivity contribution is -0.384. The molecule has 1 rings (SSSR count). The molecule has 0 aromatic carbocycles. The van der Waals surface area contributed by atoms with E-state index in [0.717, 1.165) is 17.9 Å². The van der Waals surface area contributed by atoms with Crippen LogP contribution in [0.2, 0.25) is 0 Å². The maximum absolute atomic E-state index is 11.3. The number of amides is 1. The molecule has 0 aliphatic heterocycles. The number of hydrogen-bond acceptors (Lipinski definition) is 5. The number of anilines is 1. The Morgan fingerprint density at radius 3 is 2.71 bits per heavy atom. The largest absolute Gasteiger partial charge is 0.480 e. The van der Waals surface area contributed by atoms with Gasteiger partial charge in [0.15, 0.2) is 0 Å². The van der Waals surface area contributed by atoms with Gasteiger partial charge in [0.05, 0.1) is 4.92 Å². The van der Waals surface area contributed by atoms with Crippen molar-refractivity contribution in [2.45, 2.75) is 6.92 Å². The number of rotatable bonds is 4. The van der Waals surface area contributed by atoms with E-state index in [9.17, 15) is 19.7 Å². The normalized spacial score (nSPS) is 9.71. The van der Waals surface area contributed by atoms with Crippen molar-refractivity contribution in [3.63, 3.8) is 0 Å². The van der Waals surface area contributed by atoms with Gasteiger partial charge in [0.1, 0.15) is 6.54 Å². The van der Waals surface area contributed by atoms with E-state index < -0.39 is 29.0 Å². The van der Waals surface area contributed by atoms with Gasteiger partial charge < -0.3 is 5.11 Å². The minimum absolute atomic E-state index is 0.271. The highest BCUT2D eigenvalue weighted by Crippen LogP contribution is 2.24. The standard InChI is InChI=1S/C9H9N3O5/c1-6(13)11(5-8(14)15)9-7(12(16)17)3-2-4-10-9/h2-4H,5H2,1H3,(H,14,15). The molecule has 0 bridgehead atoms. The van der Waals surface area contributed by atoms with Gasteiger partial charge in [0, 0.05) is 19.2 Å². The number of nitrogens with zero attached hydrogens (tertiary/aromatic N) is 3. The van der Waals surface area contributed by atoms with Crippen molar-refractivity contribution in [1.82, 2.24) is 4.98 Å². The Bertz CT molecular complexity index is 473. The van der Waals surface area contributed by atoms with Gasteiger partial charge in [-0.05, 0) is 6.07 Å². The zero-order valence-corrected chi connectivity index (χ0v) is 8.86. The average Bonchev–Trinajstić information content (AvgIpc) is 2.25. The molecular formula is C9H9N3O5. The molecule has 0 aliphatic carbocycles. The van der Waals surface area contributed by atoms with Crippen LogP contribution in [0.3, 0.4) is 0 Å². The quantitative estimate of drug-likeness (QED) is 0.601. The van der Waals surface area contributed by atoms with Gasteiger partial charge in [-0.15, -0.1) is 0 Å². The summed E-state index contributed by atoms with van der Waals surface area (Å²) in [6.45, 7) is 0.439. The van der Waals surface area contributed by atoms with Crippen molar-refractivity contribution in [1.29, 1.82) is 0 Å². The Morgan fingerprint density at radius 1 is 1.59 bits per heavy atom. The van der Waals surface area contributed by atoms with Gasteiger partial charge in [-0.2, -0.15) is 0 Å². The molecule has 0 saturated heterocycles. The van der Waals surface area contributed by atoms with Crippen LogP contribution in [0.25, 0.3) is 0 Å². The first-order valence-corrected chi connectivity index (χ1v) is 4.52. The van der Waals surface area contributed by atoms with Gasteiger partial charge in [0.25, 0.3) is 0 Å². The van der Waals surface area contributed by atoms with Crippen LogP contribution in [0.15, 0.2) is 18.3 Å². The van der Waals surface area contributed by atoms with Crippen molar-refractivity contribution in [2.24, 2.45) is 0 Å². The molecule has 8 heteroatoms. The van der Waals surface area contributed by atoms with Gasteiger partial charge in [-0.1, -0.05) is 0 Å². The maximum atomic E-state index is 11.3. The number of carboxylic acid groups (broad SMARTS) is 1. The van der Waals surface area contributed by atoms with Crippen LogP contribution >= 0.6 is 0 Å². The van der Waals surface area contributed by atoms with Gasteiger partial charge in [-0.25, -0.2) is 4.98 Å². The highest BCUT2D eigenvalue weighted by Gasteiger charge is 2.25. The lowest BCUT2D eigenvalue weighted by Gasteiger charge is -2.16. The number of carboxylic acids is 1. The second kappa shape index (κ2) is 5.01. The summed E-state index contributed by atoms with van der Waals surface area (Å²) in [5.41, 5.74) is -0.413. The molecule has 0 aliphatic rings. The molecule has 90 valence electrons. The Kier molecular flexibility index (Phi) is 3.70. The molecule has 0 spiro atoms. The molecular weight excluding hydrogens is 230 g/mol. The van der Waals surface area contributed by atoms with Crippen LogP contribution < -0.4 is 4.90 Å². The van der Waals surface area contributed by atoms with Crippen molar-refractivity contribution in [3.8, 4) is 0 Å². The molecule has 1 aromatic heterocycles. The van der Waals surface area contributed by atoms with Crippen LogP contribution in [0, 0.1) is 10.1 Å². The van der Waals surface area contributed by atoms with Gasteiger partial charge >= 0.3 is 11.7 Å². The fourth-order valence-electron chi connectivity index (χ4n) is 1.21. The second-order valence-electron chi connectivity index (χ2n) is 3.10. The van der Waals surface area contributed by atoms with Crippen molar-refractivity contribution >= 4 is 23.4 Å². The summed E-state index contributed by atoms with van der Waals surface area (Å²) >= 11 is 0. The summed E-state index contributed by atoms with van der Waals surface area (Å²) in [6.07, 6.45) is 1.25. The summed E-state index contributed by atoms with van der Waals surface area (Å²) in [7, 11) is 0. The summed E-state index contributed by atoms with van der Waals surface area (Å²) in [6, 6.07) is 2.49. The summed E-state index contributed by atoms with van der Waals surface area (Å²) in [4.78, 5) is 36.2. The van der Waals surface area contributed by atoms with E-state index in [1.54, 1.807) is 0 Å². The molecule has 1 heterocycles. The monoisotopic (exact) mass is 239 g/mol. The molecule has 0 saturated carbocycles. The van der Waals surface area contributed by atoms with E-state index in [1.807, 2.05) is 0 Å². The van der Waals surface area contributed by atoms with E-state index in [1.165, 1.54) is 12.3 Å². The van der Waals surface area contributed by atoms with Crippen LogP contribution in [0.1, 0.15) is 6.92 Å². The Morgan fingerprint density at radius 2 is 2.24 bits per heavy atom. The zero-order valence-electron chi connectivity index (χ0n) is 8.86. The number of aromatic nitrogens is 1. The average molecular weight is 239 g/mol. The number of hydrogen-bond donors (Lipinski definition) is 1. The Labute approximate surface area is 95.6 Å². The molecule has 1 amide bonds. The molecule has 17 heavy (non-hydrogen) atoms. The number of aliphatic carboxylic acids is 1. The first-order valence-electron chi connectivity index (χ1n) is 4.52. The van der Waals surface area contributed by atoms with Crippen LogP contribution in [-0.4, -0.2) is 33.4 Å². The number of carbonyl (C=O) groups excluding carboxylic acids is 1. The predicted molar refractivity (Wildman–Crippen MR) is 56.6 cm³/mol.